The molecule has 4 nitrogen and oxygen atoms in total. The Morgan fingerprint density at radius 2 is 1.67 bits per heavy atom. The Morgan fingerprint density at radius 1 is 1.04 bits per heavy atom. The highest BCUT2D eigenvalue weighted by Crippen LogP contribution is 2.42. The van der Waals surface area contributed by atoms with Gasteiger partial charge in [0.25, 0.3) is 0 Å². The number of rotatable bonds is 3. The standard InChI is InChI=1S/C18H15ClF3NO3S/c19-15-3-1-2-14(18(20,21)22)16(15)12-4-6-13(7-5-12)27(24,25)23-8-17(9-23)10-26-11-17/h1-7H,8-11H2. The third-order valence-corrected chi connectivity index (χ3v) is 7.06. The number of halogens is 4. The number of hydrogen-bond acceptors (Lipinski definition) is 3. The van der Waals surface area contributed by atoms with Crippen molar-refractivity contribution in [3.8, 4) is 11.1 Å². The molecule has 2 saturated heterocycles. The van der Waals surface area contributed by atoms with Gasteiger partial charge in [-0.3, -0.25) is 0 Å². The lowest BCUT2D eigenvalue weighted by atomic mass is 9.80. The van der Waals surface area contributed by atoms with Crippen molar-refractivity contribution in [2.75, 3.05) is 26.3 Å². The fourth-order valence-electron chi connectivity index (χ4n) is 3.44. The van der Waals surface area contributed by atoms with Gasteiger partial charge in [-0.05, 0) is 29.8 Å². The fourth-order valence-corrected chi connectivity index (χ4v) is 5.39. The Balaban J connectivity index is 1.64. The van der Waals surface area contributed by atoms with Gasteiger partial charge in [-0.15, -0.1) is 0 Å². The molecular formula is C18H15ClF3NO3S. The van der Waals surface area contributed by atoms with Crippen LogP contribution in [0.1, 0.15) is 5.56 Å². The topological polar surface area (TPSA) is 46.6 Å². The number of ether oxygens (including phenoxy) is 1. The highest BCUT2D eigenvalue weighted by molar-refractivity contribution is 7.89. The minimum atomic E-state index is -4.57. The minimum Gasteiger partial charge on any atom is -0.380 e. The zero-order valence-electron chi connectivity index (χ0n) is 14.0. The summed E-state index contributed by atoms with van der Waals surface area (Å²) >= 11 is 6.00. The molecule has 2 aliphatic rings. The van der Waals surface area contributed by atoms with Gasteiger partial charge in [-0.2, -0.15) is 17.5 Å². The molecule has 0 aromatic heterocycles. The van der Waals surface area contributed by atoms with Crippen molar-refractivity contribution in [2.24, 2.45) is 5.41 Å². The molecule has 0 saturated carbocycles. The summed E-state index contributed by atoms with van der Waals surface area (Å²) < 4.78 is 71.7. The van der Waals surface area contributed by atoms with E-state index in [1.165, 1.54) is 40.7 Å². The summed E-state index contributed by atoms with van der Waals surface area (Å²) in [7, 11) is -3.67. The maximum atomic E-state index is 13.3. The highest BCUT2D eigenvalue weighted by Gasteiger charge is 2.53. The number of alkyl halides is 3. The molecule has 2 heterocycles. The van der Waals surface area contributed by atoms with Gasteiger partial charge in [0.15, 0.2) is 0 Å². The van der Waals surface area contributed by atoms with Crippen molar-refractivity contribution in [1.82, 2.24) is 4.31 Å². The van der Waals surface area contributed by atoms with Crippen LogP contribution >= 0.6 is 11.6 Å². The average molecular weight is 418 g/mol. The molecule has 2 aromatic carbocycles. The van der Waals surface area contributed by atoms with Crippen molar-refractivity contribution >= 4 is 21.6 Å². The molecule has 0 amide bonds. The van der Waals surface area contributed by atoms with E-state index in [9.17, 15) is 21.6 Å². The summed E-state index contributed by atoms with van der Waals surface area (Å²) in [6, 6.07) is 8.89. The number of nitrogens with zero attached hydrogens (tertiary/aromatic N) is 1. The number of sulfonamides is 1. The van der Waals surface area contributed by atoms with Gasteiger partial charge in [-0.1, -0.05) is 29.8 Å². The summed E-state index contributed by atoms with van der Waals surface area (Å²) in [6.07, 6.45) is -4.57. The molecule has 0 aliphatic carbocycles. The molecular weight excluding hydrogens is 403 g/mol. The summed E-state index contributed by atoms with van der Waals surface area (Å²) in [5.74, 6) is 0. The van der Waals surface area contributed by atoms with E-state index in [2.05, 4.69) is 0 Å². The maximum Gasteiger partial charge on any atom is 0.417 e. The van der Waals surface area contributed by atoms with Crippen LogP contribution in [0.25, 0.3) is 11.1 Å². The maximum absolute atomic E-state index is 13.3. The van der Waals surface area contributed by atoms with Crippen LogP contribution < -0.4 is 0 Å². The van der Waals surface area contributed by atoms with E-state index in [4.69, 9.17) is 16.3 Å². The lowest BCUT2D eigenvalue weighted by Gasteiger charge is -2.53. The van der Waals surface area contributed by atoms with E-state index < -0.39 is 21.8 Å². The summed E-state index contributed by atoms with van der Waals surface area (Å²) in [5.41, 5.74) is -0.878. The molecule has 0 radical (unpaired) electrons. The quantitative estimate of drug-likeness (QED) is 0.757. The number of benzene rings is 2. The average Bonchev–Trinajstić information content (AvgIpc) is 2.51. The van der Waals surface area contributed by atoms with Crippen molar-refractivity contribution in [3.05, 3.63) is 53.1 Å². The van der Waals surface area contributed by atoms with Crippen molar-refractivity contribution in [1.29, 1.82) is 0 Å². The van der Waals surface area contributed by atoms with Crippen LogP contribution in [0.5, 0.6) is 0 Å². The third kappa shape index (κ3) is 3.14. The minimum absolute atomic E-state index is 0.0435. The van der Waals surface area contributed by atoms with Gasteiger partial charge in [0, 0.05) is 29.1 Å². The van der Waals surface area contributed by atoms with E-state index in [0.29, 0.717) is 26.3 Å². The summed E-state index contributed by atoms with van der Waals surface area (Å²) in [5, 5.41) is -0.0462. The Labute approximate surface area is 159 Å². The van der Waals surface area contributed by atoms with Crippen molar-refractivity contribution in [3.63, 3.8) is 0 Å². The Kier molecular flexibility index (Phi) is 4.30. The first kappa shape index (κ1) is 18.7. The van der Waals surface area contributed by atoms with Crippen LogP contribution in [-0.4, -0.2) is 39.0 Å². The SMILES string of the molecule is O=S(=O)(c1ccc(-c2c(Cl)cccc2C(F)(F)F)cc1)N1CC2(COC2)C1. The molecule has 2 aromatic rings. The van der Waals surface area contributed by atoms with Crippen LogP contribution in [0, 0.1) is 5.41 Å². The van der Waals surface area contributed by atoms with E-state index in [-0.39, 0.29) is 26.5 Å². The molecule has 2 fully saturated rings. The van der Waals surface area contributed by atoms with Crippen molar-refractivity contribution < 1.29 is 26.3 Å². The Bertz CT molecular complexity index is 978. The predicted molar refractivity (Wildman–Crippen MR) is 93.9 cm³/mol. The largest absolute Gasteiger partial charge is 0.417 e. The smallest absolute Gasteiger partial charge is 0.380 e. The monoisotopic (exact) mass is 417 g/mol. The zero-order chi connectivity index (χ0) is 19.4. The molecule has 4 rings (SSSR count). The predicted octanol–water partition coefficient (Wildman–Crippen LogP) is 4.05. The van der Waals surface area contributed by atoms with Crippen LogP contribution in [-0.2, 0) is 20.9 Å². The molecule has 27 heavy (non-hydrogen) atoms. The van der Waals surface area contributed by atoms with Crippen LogP contribution in [0.15, 0.2) is 47.4 Å². The third-order valence-electron chi connectivity index (χ3n) is 4.94. The Hall–Kier alpha value is -1.61. The normalized spacial score (nSPS) is 19.6. The molecule has 0 atom stereocenters. The highest BCUT2D eigenvalue weighted by atomic mass is 35.5. The van der Waals surface area contributed by atoms with Gasteiger partial charge in [0.2, 0.25) is 10.0 Å². The van der Waals surface area contributed by atoms with Crippen LogP contribution in [0.3, 0.4) is 0 Å². The van der Waals surface area contributed by atoms with Crippen molar-refractivity contribution in [2.45, 2.75) is 11.1 Å². The van der Waals surface area contributed by atoms with Crippen LogP contribution in [0.2, 0.25) is 5.02 Å². The van der Waals surface area contributed by atoms with Gasteiger partial charge in [0.05, 0.1) is 23.7 Å². The molecule has 1 spiro atoms. The molecule has 9 heteroatoms. The first-order chi connectivity index (χ1) is 12.6. The summed E-state index contributed by atoms with van der Waals surface area (Å²) in [4.78, 5) is 0.0435. The zero-order valence-corrected chi connectivity index (χ0v) is 15.5. The van der Waals surface area contributed by atoms with E-state index in [1.54, 1.807) is 0 Å². The van der Waals surface area contributed by atoms with Crippen LogP contribution in [0.4, 0.5) is 13.2 Å². The second-order valence-corrected chi connectivity index (χ2v) is 9.30. The first-order valence-electron chi connectivity index (χ1n) is 8.17. The first-order valence-corrected chi connectivity index (χ1v) is 9.98. The second kappa shape index (κ2) is 6.20. The molecule has 0 N–H and O–H groups in total. The van der Waals surface area contributed by atoms with E-state index in [1.807, 2.05) is 0 Å². The summed E-state index contributed by atoms with van der Waals surface area (Å²) in [6.45, 7) is 1.93. The van der Waals surface area contributed by atoms with Gasteiger partial charge < -0.3 is 4.74 Å². The molecule has 0 bridgehead atoms. The molecule has 0 unspecified atom stereocenters. The Morgan fingerprint density at radius 3 is 2.19 bits per heavy atom. The molecule has 2 aliphatic heterocycles. The number of hydrogen-bond donors (Lipinski definition) is 0. The van der Waals surface area contributed by atoms with Gasteiger partial charge >= 0.3 is 6.18 Å². The lowest BCUT2D eigenvalue weighted by Crippen LogP contribution is -2.66. The fraction of sp³-hybridized carbons (Fsp3) is 0.333. The van der Waals surface area contributed by atoms with Gasteiger partial charge in [0.1, 0.15) is 0 Å². The lowest BCUT2D eigenvalue weighted by molar-refractivity contribution is -0.166. The van der Waals surface area contributed by atoms with E-state index in [0.717, 1.165) is 6.07 Å². The van der Waals surface area contributed by atoms with E-state index >= 15 is 0 Å². The second-order valence-electron chi connectivity index (χ2n) is 6.95. The molecule has 144 valence electrons. The van der Waals surface area contributed by atoms with Gasteiger partial charge in [-0.25, -0.2) is 8.42 Å².